The van der Waals surface area contributed by atoms with Gasteiger partial charge in [-0.2, -0.15) is 0 Å². The summed E-state index contributed by atoms with van der Waals surface area (Å²) in [6.07, 6.45) is 70.7. The molecule has 0 amide bonds. The summed E-state index contributed by atoms with van der Waals surface area (Å²) in [6.45, 7) is 59.0. The van der Waals surface area contributed by atoms with Gasteiger partial charge in [-0.15, -0.1) is 0 Å². The molecule has 0 aliphatic heterocycles. The summed E-state index contributed by atoms with van der Waals surface area (Å²) in [4.78, 5) is 0. The summed E-state index contributed by atoms with van der Waals surface area (Å²) >= 11 is 0. The molecule has 0 aromatic heterocycles. The number of fused-ring (bicyclic) bond motifs is 6. The maximum absolute atomic E-state index is 7.05. The molecule has 0 nitrogen and oxygen atoms in total. The zero-order valence-corrected chi connectivity index (χ0v) is 73.9. The molecule has 18 aliphatic rings. The summed E-state index contributed by atoms with van der Waals surface area (Å²) in [5.41, 5.74) is 6.98. The van der Waals surface area contributed by atoms with Gasteiger partial charge in [0.15, 0.2) is 0 Å². The third-order valence-corrected chi connectivity index (χ3v) is 32.6. The minimum atomic E-state index is -1.00. The largest absolute Gasteiger partial charge is 0.0651 e. The molecule has 4 spiro atoms. The van der Waals surface area contributed by atoms with Gasteiger partial charge in [0.2, 0.25) is 0 Å². The van der Waals surface area contributed by atoms with Gasteiger partial charge in [0, 0.05) is 4.11 Å². The lowest BCUT2D eigenvalue weighted by molar-refractivity contribution is -0.0545. The lowest BCUT2D eigenvalue weighted by atomic mass is 9.49. The van der Waals surface area contributed by atoms with Gasteiger partial charge in [-0.1, -0.05) is 276 Å². The monoisotopic (exact) mass is 1390 g/mol. The van der Waals surface area contributed by atoms with Gasteiger partial charge >= 0.3 is 0 Å². The fraction of sp³-hybridized carbons (Fsp3) is 1.00. The van der Waals surface area contributed by atoms with Gasteiger partial charge in [-0.3, -0.25) is 0 Å². The average Bonchev–Trinajstić information content (AvgIpc) is 1.11. The molecule has 590 valence electrons. The molecule has 1 unspecified atom stereocenters. The Morgan fingerprint density at radius 1 is 0.360 bits per heavy atom. The molecule has 0 radical (unpaired) electrons. The molecule has 0 N–H and O–H groups in total. The number of rotatable bonds is 2. The minimum absolute atomic E-state index is 0.132. The second kappa shape index (κ2) is 39.1. The van der Waals surface area contributed by atoms with E-state index in [2.05, 4.69) is 138 Å². The van der Waals surface area contributed by atoms with E-state index < -0.39 is 6.37 Å². The lowest BCUT2D eigenvalue weighted by Gasteiger charge is -2.56. The molecule has 8 bridgehead atoms. The first-order valence-corrected chi connectivity index (χ1v) is 46.0. The minimum Gasteiger partial charge on any atom is -0.0651 e. The van der Waals surface area contributed by atoms with Gasteiger partial charge in [0.25, 0.3) is 0 Å². The molecule has 0 heteroatoms. The lowest BCUT2D eigenvalue weighted by Crippen LogP contribution is -2.45. The first-order chi connectivity index (χ1) is 47.5. The molecule has 0 saturated heterocycles. The Morgan fingerprint density at radius 3 is 0.900 bits per heavy atom. The van der Waals surface area contributed by atoms with E-state index in [1.54, 1.807) is 96.8 Å². The van der Waals surface area contributed by atoms with Crippen LogP contribution in [0.25, 0.3) is 0 Å². The van der Waals surface area contributed by atoms with Crippen molar-refractivity contribution >= 4 is 0 Å². The molecule has 3 atom stereocenters. The Kier molecular flexibility index (Phi) is 32.8. The van der Waals surface area contributed by atoms with Crippen molar-refractivity contribution in [3.05, 3.63) is 0 Å². The smallest absolute Gasteiger partial charge is 0.0294 e. The maximum atomic E-state index is 7.05. The molecule has 100 heavy (non-hydrogen) atoms. The van der Waals surface area contributed by atoms with Crippen molar-refractivity contribution in [2.24, 2.45) is 149 Å². The van der Waals surface area contributed by atoms with Crippen LogP contribution in [0.3, 0.4) is 0 Å². The summed E-state index contributed by atoms with van der Waals surface area (Å²) < 4.78 is 21.0. The second-order valence-electron chi connectivity index (χ2n) is 46.9. The van der Waals surface area contributed by atoms with Gasteiger partial charge < -0.3 is 0 Å². The van der Waals surface area contributed by atoms with Crippen LogP contribution in [0, 0.1) is 149 Å². The van der Waals surface area contributed by atoms with Crippen LogP contribution in [-0.4, -0.2) is 0 Å². The molecular formula is C100H190. The highest BCUT2D eigenvalue weighted by molar-refractivity contribution is 5.02. The standard InChI is InChI=1S/C16H30.C14H26.C12H20.C12H22.2C11H20.C10H18.2C5H12.C4H10/c1-13-6-8-16(9-7-13)11-14(2,3)10-15(4,5)12-16;1-12-4-6-14(7-5-12)10-8-13(2,3)9-11-14;1-2-12-6-9-3-10(7-12)5-11(4-9)8-12;1-11-5-9-12(10-6-11)7-3-2-4-8-12;1-8-9-4-6-10(7-5-9)11(8,2)3;1-10-4-8-11(9-5-10)6-2-3-7-11;1-7-8(2)10-5-3-9(7)4-6-10;1-5(2,3)4;1-4-5(2)3;1-4(2)3/h13H,6-12H2,1-5H3;12H,4-11H2,1-3H3;9-11H,2-8H2,1H3;11H,2-10H2,1H3;8-10H,4-7H2,1-3H3;10H,2-9H2,1H3;7-10H,3-6H2,1-2H3;1-4H3;5H,4H2,1-3H3;4H,1-3H3/t;;;;8-,9?,10?;;7-,8?,9?,10?;;;/m....1.0.../s1/i;;;;;;;;4D2;4D. The van der Waals surface area contributed by atoms with Gasteiger partial charge in [0.1, 0.15) is 0 Å². The van der Waals surface area contributed by atoms with Crippen molar-refractivity contribution in [3.8, 4) is 0 Å². The molecule has 18 saturated carbocycles. The van der Waals surface area contributed by atoms with Crippen LogP contribution in [0.1, 0.15) is 492 Å². The highest BCUT2D eigenvalue weighted by Crippen LogP contribution is 2.63. The Morgan fingerprint density at radius 2 is 0.640 bits per heavy atom. The second-order valence-corrected chi connectivity index (χ2v) is 46.9. The van der Waals surface area contributed by atoms with Gasteiger partial charge in [-0.25, -0.2) is 0 Å². The van der Waals surface area contributed by atoms with E-state index in [1.165, 1.54) is 212 Å². The van der Waals surface area contributed by atoms with Crippen LogP contribution in [-0.2, 0) is 0 Å². The van der Waals surface area contributed by atoms with Crippen LogP contribution in [0.4, 0.5) is 0 Å². The van der Waals surface area contributed by atoms with E-state index in [-0.39, 0.29) is 11.8 Å². The Balaban J connectivity index is 0.000000183. The van der Waals surface area contributed by atoms with Gasteiger partial charge in [-0.05, 0) is 361 Å². The van der Waals surface area contributed by atoms with Crippen LogP contribution >= 0.6 is 0 Å². The van der Waals surface area contributed by atoms with Crippen molar-refractivity contribution in [3.63, 3.8) is 0 Å². The van der Waals surface area contributed by atoms with Crippen molar-refractivity contribution in [2.45, 2.75) is 488 Å². The molecule has 0 aromatic rings. The SMILES string of the molecule is CC(C)(C)C.CC1C2CCC(CC2)[C@H]1C.CC1CCC2(CC1)CC(C)(C)CC(C)(C)C2.CC1CCC2(CC1)CCC(C)(C)CC2.CC1CCC2(CCCC2)CC1.CC1CCC2(CCCCC2)CC1.CCC12CC3CC(CC(C3)C1)C2.C[C@@H]1C2CCC(CC2)C1(C)C.[2H]C(C)(C)C.[2H]C([2H])(C)C(C)C. The summed E-state index contributed by atoms with van der Waals surface area (Å²) in [5, 5.41) is 0. The van der Waals surface area contributed by atoms with E-state index in [4.69, 9.17) is 4.11 Å². The fourth-order valence-corrected chi connectivity index (χ4v) is 25.9. The molecule has 0 aromatic carbocycles. The Bertz CT molecular complexity index is 2200. The van der Waals surface area contributed by atoms with E-state index in [9.17, 15) is 0 Å². The van der Waals surface area contributed by atoms with Crippen LogP contribution in [0.2, 0.25) is 0 Å². The highest BCUT2D eigenvalue weighted by Gasteiger charge is 2.51. The van der Waals surface area contributed by atoms with Crippen molar-refractivity contribution in [1.82, 2.24) is 0 Å². The number of hydrogen-bond acceptors (Lipinski definition) is 0. The quantitative estimate of drug-likeness (QED) is 0.259. The topological polar surface area (TPSA) is 0 Å². The van der Waals surface area contributed by atoms with E-state index >= 15 is 0 Å². The molecular weight excluding hydrogens is 1200 g/mol. The zero-order chi connectivity index (χ0) is 76.9. The fourth-order valence-electron chi connectivity index (χ4n) is 25.9. The van der Waals surface area contributed by atoms with E-state index in [1.807, 2.05) is 34.6 Å². The van der Waals surface area contributed by atoms with Crippen molar-refractivity contribution in [1.29, 1.82) is 0 Å². The molecule has 18 aliphatic carbocycles. The summed E-state index contributed by atoms with van der Waals surface area (Å²) in [6, 6.07) is 0. The van der Waals surface area contributed by atoms with Crippen LogP contribution in [0.5, 0.6) is 0 Å². The molecule has 18 fully saturated rings. The zero-order valence-electron chi connectivity index (χ0n) is 76.9. The third kappa shape index (κ3) is 28.8. The Hall–Kier alpha value is 0. The van der Waals surface area contributed by atoms with Crippen molar-refractivity contribution < 1.29 is 4.11 Å². The average molecular weight is 1400 g/mol. The van der Waals surface area contributed by atoms with Crippen LogP contribution < -0.4 is 0 Å². The third-order valence-electron chi connectivity index (χ3n) is 32.6. The normalized spacial score (nSPS) is 36.9. The van der Waals surface area contributed by atoms with Crippen LogP contribution in [0.15, 0.2) is 0 Å². The molecule has 18 rings (SSSR count). The first-order valence-electron chi connectivity index (χ1n) is 47.5. The summed E-state index contributed by atoms with van der Waals surface area (Å²) in [5.74, 6) is 14.7. The number of hydrogen-bond donors (Lipinski definition) is 0. The Labute approximate surface area is 637 Å². The van der Waals surface area contributed by atoms with Crippen molar-refractivity contribution in [2.75, 3.05) is 0 Å². The predicted molar refractivity (Wildman–Crippen MR) is 449 cm³/mol. The van der Waals surface area contributed by atoms with Gasteiger partial charge in [0.05, 0.1) is 0 Å². The highest BCUT2D eigenvalue weighted by atomic mass is 14.6. The van der Waals surface area contributed by atoms with E-state index in [0.717, 1.165) is 105 Å². The van der Waals surface area contributed by atoms with E-state index in [0.29, 0.717) is 32.5 Å². The molecule has 0 heterocycles. The first kappa shape index (κ1) is 84.0. The summed E-state index contributed by atoms with van der Waals surface area (Å²) in [7, 11) is 0. The predicted octanol–water partition coefficient (Wildman–Crippen LogP) is 34.0. The maximum Gasteiger partial charge on any atom is 0.0294 e.